The molecule has 0 saturated heterocycles. The molecule has 5 nitrogen and oxygen atoms in total. The third kappa shape index (κ3) is 4.57. The lowest BCUT2D eigenvalue weighted by Gasteiger charge is -2.23. The minimum absolute atomic E-state index is 0.0616. The Hall–Kier alpha value is -0.820. The van der Waals surface area contributed by atoms with Crippen LogP contribution < -0.4 is 9.46 Å². The molecule has 0 radical (unpaired) electrons. The van der Waals surface area contributed by atoms with Crippen molar-refractivity contribution >= 4 is 21.6 Å². The van der Waals surface area contributed by atoms with Gasteiger partial charge in [0.25, 0.3) is 0 Å². The molecule has 0 amide bonds. The van der Waals surface area contributed by atoms with Crippen LogP contribution in [0.1, 0.15) is 32.8 Å². The summed E-state index contributed by atoms with van der Waals surface area (Å²) in [4.78, 5) is -0.0616. The molecule has 0 spiro atoms. The van der Waals surface area contributed by atoms with Crippen LogP contribution in [0.3, 0.4) is 0 Å². The van der Waals surface area contributed by atoms with E-state index in [0.29, 0.717) is 12.1 Å². The SMILES string of the molecule is CCC(C)(C)CNS(=O)(=O)c1cc(Cl)cc(CO)c1OC. The summed E-state index contributed by atoms with van der Waals surface area (Å²) in [6.45, 7) is 5.90. The zero-order chi connectivity index (χ0) is 16.3. The standard InChI is InChI=1S/C14H22ClNO4S/c1-5-14(2,3)9-16-21(18,19)12-7-11(15)6-10(8-17)13(12)20-4/h6-7,16-17H,5,8-9H2,1-4H3. The molecule has 1 aromatic carbocycles. The van der Waals surface area contributed by atoms with Crippen molar-refractivity contribution in [2.24, 2.45) is 5.41 Å². The van der Waals surface area contributed by atoms with Crippen molar-refractivity contribution in [1.82, 2.24) is 4.72 Å². The number of benzene rings is 1. The topological polar surface area (TPSA) is 75.6 Å². The van der Waals surface area contributed by atoms with Crippen LogP contribution in [0.5, 0.6) is 5.75 Å². The molecule has 7 heteroatoms. The minimum Gasteiger partial charge on any atom is -0.495 e. The van der Waals surface area contributed by atoms with E-state index in [4.69, 9.17) is 16.3 Å². The van der Waals surface area contributed by atoms with Crippen molar-refractivity contribution in [3.8, 4) is 5.75 Å². The monoisotopic (exact) mass is 335 g/mol. The van der Waals surface area contributed by atoms with Gasteiger partial charge in [-0.25, -0.2) is 13.1 Å². The Kier molecular flexibility index (Phi) is 6.04. The van der Waals surface area contributed by atoms with Gasteiger partial charge in [0.1, 0.15) is 10.6 Å². The van der Waals surface area contributed by atoms with Gasteiger partial charge in [-0.1, -0.05) is 32.4 Å². The van der Waals surface area contributed by atoms with Crippen LogP contribution in [0.25, 0.3) is 0 Å². The molecule has 0 aliphatic heterocycles. The van der Waals surface area contributed by atoms with Crippen molar-refractivity contribution in [3.63, 3.8) is 0 Å². The highest BCUT2D eigenvalue weighted by atomic mass is 35.5. The van der Waals surface area contributed by atoms with Crippen molar-refractivity contribution in [2.75, 3.05) is 13.7 Å². The van der Waals surface area contributed by atoms with Gasteiger partial charge in [-0.3, -0.25) is 0 Å². The number of hydrogen-bond donors (Lipinski definition) is 2. The average molecular weight is 336 g/mol. The Morgan fingerprint density at radius 2 is 2.00 bits per heavy atom. The number of methoxy groups -OCH3 is 1. The molecule has 0 unspecified atom stereocenters. The van der Waals surface area contributed by atoms with Gasteiger partial charge >= 0.3 is 0 Å². The molecule has 0 aliphatic rings. The first-order valence-electron chi connectivity index (χ1n) is 6.64. The molecule has 2 N–H and O–H groups in total. The van der Waals surface area contributed by atoms with E-state index in [1.807, 2.05) is 20.8 Å². The molecule has 0 aliphatic carbocycles. The molecule has 0 bridgehead atoms. The Bertz CT molecular complexity index is 599. The highest BCUT2D eigenvalue weighted by Crippen LogP contribution is 2.32. The second-order valence-corrected chi connectivity index (χ2v) is 7.77. The summed E-state index contributed by atoms with van der Waals surface area (Å²) < 4.78 is 32.6. The van der Waals surface area contributed by atoms with Crippen molar-refractivity contribution in [1.29, 1.82) is 0 Å². The molecule has 120 valence electrons. The fourth-order valence-electron chi connectivity index (χ4n) is 1.66. The third-order valence-electron chi connectivity index (χ3n) is 3.46. The molecule has 0 fully saturated rings. The van der Waals surface area contributed by atoms with Crippen LogP contribution in [0.4, 0.5) is 0 Å². The van der Waals surface area contributed by atoms with Gasteiger partial charge in [-0.05, 0) is 24.0 Å². The first-order valence-corrected chi connectivity index (χ1v) is 8.50. The van der Waals surface area contributed by atoms with Gasteiger partial charge in [0.05, 0.1) is 13.7 Å². The lowest BCUT2D eigenvalue weighted by atomic mass is 9.91. The van der Waals surface area contributed by atoms with Crippen molar-refractivity contribution < 1.29 is 18.3 Å². The normalized spacial score (nSPS) is 12.5. The number of hydrogen-bond acceptors (Lipinski definition) is 4. The summed E-state index contributed by atoms with van der Waals surface area (Å²) in [5, 5.41) is 9.54. The first kappa shape index (κ1) is 18.2. The van der Waals surface area contributed by atoms with Crippen LogP contribution >= 0.6 is 11.6 Å². The molecule has 0 aromatic heterocycles. The largest absolute Gasteiger partial charge is 0.495 e. The van der Waals surface area contributed by atoms with Gasteiger partial charge in [0, 0.05) is 17.1 Å². The van der Waals surface area contributed by atoms with Gasteiger partial charge in [0.15, 0.2) is 0 Å². The molecular weight excluding hydrogens is 314 g/mol. The van der Waals surface area contributed by atoms with Gasteiger partial charge in [0.2, 0.25) is 10.0 Å². The summed E-state index contributed by atoms with van der Waals surface area (Å²) in [5.74, 6) is 0.115. The number of aliphatic hydroxyl groups excluding tert-OH is 1. The Morgan fingerprint density at radius 1 is 1.38 bits per heavy atom. The molecule has 0 heterocycles. The van der Waals surface area contributed by atoms with Gasteiger partial charge < -0.3 is 9.84 Å². The van der Waals surface area contributed by atoms with Crippen LogP contribution in [0.15, 0.2) is 17.0 Å². The summed E-state index contributed by atoms with van der Waals surface area (Å²) in [7, 11) is -2.41. The maximum Gasteiger partial charge on any atom is 0.244 e. The summed E-state index contributed by atoms with van der Waals surface area (Å²) in [6, 6.07) is 2.80. The summed E-state index contributed by atoms with van der Waals surface area (Å²) >= 11 is 5.92. The van der Waals surface area contributed by atoms with Crippen LogP contribution in [-0.2, 0) is 16.6 Å². The second kappa shape index (κ2) is 6.96. The number of sulfonamides is 1. The second-order valence-electron chi connectivity index (χ2n) is 5.60. The quantitative estimate of drug-likeness (QED) is 0.803. The molecule has 21 heavy (non-hydrogen) atoms. The van der Waals surface area contributed by atoms with Crippen LogP contribution in [0.2, 0.25) is 5.02 Å². The fourth-order valence-corrected chi connectivity index (χ4v) is 3.45. The number of rotatable bonds is 7. The maximum atomic E-state index is 12.5. The van der Waals surface area contributed by atoms with Gasteiger partial charge in [-0.2, -0.15) is 0 Å². The van der Waals surface area contributed by atoms with E-state index in [1.54, 1.807) is 0 Å². The van der Waals surface area contributed by atoms with Gasteiger partial charge in [-0.15, -0.1) is 0 Å². The maximum absolute atomic E-state index is 12.5. The first-order chi connectivity index (χ1) is 9.66. The smallest absolute Gasteiger partial charge is 0.244 e. The van der Waals surface area contributed by atoms with E-state index >= 15 is 0 Å². The van der Waals surface area contributed by atoms with E-state index in [9.17, 15) is 13.5 Å². The summed E-state index contributed by atoms with van der Waals surface area (Å²) in [6.07, 6.45) is 0.837. The van der Waals surface area contributed by atoms with Crippen LogP contribution in [-0.4, -0.2) is 27.2 Å². The highest BCUT2D eigenvalue weighted by Gasteiger charge is 2.25. The number of halogens is 1. The predicted molar refractivity (Wildman–Crippen MR) is 83.2 cm³/mol. The van der Waals surface area contributed by atoms with E-state index in [0.717, 1.165) is 6.42 Å². The summed E-state index contributed by atoms with van der Waals surface area (Å²) in [5.41, 5.74) is 0.179. The fraction of sp³-hybridized carbons (Fsp3) is 0.571. The van der Waals surface area contributed by atoms with E-state index < -0.39 is 10.0 Å². The van der Waals surface area contributed by atoms with Crippen molar-refractivity contribution in [2.45, 2.75) is 38.7 Å². The van der Waals surface area contributed by atoms with Crippen LogP contribution in [0, 0.1) is 5.41 Å². The third-order valence-corrected chi connectivity index (χ3v) is 5.08. The zero-order valence-corrected chi connectivity index (χ0v) is 14.3. The van der Waals surface area contributed by atoms with E-state index in [1.165, 1.54) is 19.2 Å². The Labute approximate surface area is 131 Å². The lowest BCUT2D eigenvalue weighted by molar-refractivity contribution is 0.272. The van der Waals surface area contributed by atoms with Crippen molar-refractivity contribution in [3.05, 3.63) is 22.7 Å². The average Bonchev–Trinajstić information content (AvgIpc) is 2.44. The zero-order valence-electron chi connectivity index (χ0n) is 12.7. The number of nitrogens with one attached hydrogen (secondary N) is 1. The molecule has 0 atom stereocenters. The predicted octanol–water partition coefficient (Wildman–Crippen LogP) is 2.56. The number of ether oxygens (including phenoxy) is 1. The van der Waals surface area contributed by atoms with E-state index in [2.05, 4.69) is 4.72 Å². The molecular formula is C14H22ClNO4S. The Balaban J connectivity index is 3.22. The number of aliphatic hydroxyl groups is 1. The molecule has 1 rings (SSSR count). The lowest BCUT2D eigenvalue weighted by Crippen LogP contribution is -2.33. The minimum atomic E-state index is -3.77. The molecule has 1 aromatic rings. The highest BCUT2D eigenvalue weighted by molar-refractivity contribution is 7.89. The Morgan fingerprint density at radius 3 is 2.48 bits per heavy atom. The van der Waals surface area contributed by atoms with E-state index in [-0.39, 0.29) is 27.7 Å². The molecule has 0 saturated carbocycles.